The van der Waals surface area contributed by atoms with Gasteiger partial charge >= 0.3 is 6.03 Å². The first-order valence-corrected chi connectivity index (χ1v) is 8.80. The summed E-state index contributed by atoms with van der Waals surface area (Å²) in [5.74, 6) is 1.68. The Bertz CT molecular complexity index is 759. The van der Waals surface area contributed by atoms with Crippen LogP contribution in [0, 0.1) is 13.8 Å². The summed E-state index contributed by atoms with van der Waals surface area (Å²) in [5.41, 5.74) is 1.91. The van der Waals surface area contributed by atoms with Crippen molar-refractivity contribution in [1.82, 2.24) is 10.2 Å². The number of morpholine rings is 1. The van der Waals surface area contributed by atoms with E-state index in [9.17, 15) is 4.79 Å². The Balaban J connectivity index is 1.66. The SMILES string of the molecule is Cc1cc(CNC(=O)N2CC(c3ccccc3Cl)OCC2C)c(C)o1. The van der Waals surface area contributed by atoms with Gasteiger partial charge in [0.05, 0.1) is 19.2 Å². The van der Waals surface area contributed by atoms with Crippen molar-refractivity contribution in [3.63, 3.8) is 0 Å². The highest BCUT2D eigenvalue weighted by atomic mass is 35.5. The van der Waals surface area contributed by atoms with Crippen LogP contribution in [0.1, 0.15) is 35.7 Å². The second-order valence-corrected chi connectivity index (χ2v) is 6.85. The first-order valence-electron chi connectivity index (χ1n) is 8.42. The molecule has 2 heterocycles. The standard InChI is InChI=1S/C19H23ClN2O3/c1-12-11-24-18(16-6-4-5-7-17(16)20)10-22(12)19(23)21-9-15-8-13(2)25-14(15)3/h4-8,12,18H,9-11H2,1-3H3,(H,21,23). The molecule has 1 aromatic carbocycles. The quantitative estimate of drug-likeness (QED) is 0.889. The van der Waals surface area contributed by atoms with Gasteiger partial charge < -0.3 is 19.4 Å². The van der Waals surface area contributed by atoms with Crippen LogP contribution in [0.25, 0.3) is 0 Å². The van der Waals surface area contributed by atoms with Crippen molar-refractivity contribution < 1.29 is 13.9 Å². The van der Waals surface area contributed by atoms with Crippen molar-refractivity contribution in [3.8, 4) is 0 Å². The lowest BCUT2D eigenvalue weighted by Gasteiger charge is -2.38. The molecular weight excluding hydrogens is 340 g/mol. The number of ether oxygens (including phenoxy) is 1. The van der Waals surface area contributed by atoms with Crippen LogP contribution in [0.2, 0.25) is 5.02 Å². The highest BCUT2D eigenvalue weighted by Gasteiger charge is 2.31. The number of urea groups is 1. The minimum atomic E-state index is -0.214. The van der Waals surface area contributed by atoms with E-state index >= 15 is 0 Å². The molecule has 0 saturated carbocycles. The zero-order chi connectivity index (χ0) is 18.0. The van der Waals surface area contributed by atoms with Gasteiger partial charge in [0.2, 0.25) is 0 Å². The molecule has 0 radical (unpaired) electrons. The molecule has 3 rings (SSSR count). The second-order valence-electron chi connectivity index (χ2n) is 6.44. The van der Waals surface area contributed by atoms with Gasteiger partial charge in [-0.1, -0.05) is 29.8 Å². The summed E-state index contributed by atoms with van der Waals surface area (Å²) in [7, 11) is 0. The predicted octanol–water partition coefficient (Wildman–Crippen LogP) is 4.22. The molecule has 2 atom stereocenters. The minimum Gasteiger partial charge on any atom is -0.466 e. The number of halogens is 1. The lowest BCUT2D eigenvalue weighted by molar-refractivity contribution is -0.0427. The largest absolute Gasteiger partial charge is 0.466 e. The van der Waals surface area contributed by atoms with E-state index in [4.69, 9.17) is 20.8 Å². The van der Waals surface area contributed by atoms with Crippen molar-refractivity contribution in [2.75, 3.05) is 13.2 Å². The van der Waals surface area contributed by atoms with Crippen LogP contribution in [0.3, 0.4) is 0 Å². The summed E-state index contributed by atoms with van der Waals surface area (Å²) in [5, 5.41) is 3.64. The van der Waals surface area contributed by atoms with Gasteiger partial charge in [0.1, 0.15) is 17.6 Å². The van der Waals surface area contributed by atoms with Crippen LogP contribution in [0.4, 0.5) is 4.79 Å². The molecule has 0 spiro atoms. The molecule has 2 unspecified atom stereocenters. The highest BCUT2D eigenvalue weighted by Crippen LogP contribution is 2.30. The summed E-state index contributed by atoms with van der Waals surface area (Å²) < 4.78 is 11.4. The maximum Gasteiger partial charge on any atom is 0.318 e. The average Bonchev–Trinajstić information content (AvgIpc) is 2.91. The molecule has 1 aliphatic rings. The fraction of sp³-hybridized carbons (Fsp3) is 0.421. The number of furan rings is 1. The topological polar surface area (TPSA) is 54.7 Å². The third-order valence-corrected chi connectivity index (χ3v) is 4.86. The molecule has 1 N–H and O–H groups in total. The van der Waals surface area contributed by atoms with Crippen LogP contribution in [-0.2, 0) is 11.3 Å². The van der Waals surface area contributed by atoms with Gasteiger partial charge in [0.25, 0.3) is 0 Å². The number of nitrogens with one attached hydrogen (secondary N) is 1. The number of nitrogens with zero attached hydrogens (tertiary/aromatic N) is 1. The summed E-state index contributed by atoms with van der Waals surface area (Å²) in [4.78, 5) is 14.5. The number of carbonyl (C=O) groups is 1. The third kappa shape index (κ3) is 3.99. The fourth-order valence-electron chi connectivity index (χ4n) is 3.10. The number of carbonyl (C=O) groups excluding carboxylic acids is 1. The zero-order valence-electron chi connectivity index (χ0n) is 14.7. The molecule has 6 heteroatoms. The van der Waals surface area contributed by atoms with Gasteiger partial charge in [0, 0.05) is 22.7 Å². The van der Waals surface area contributed by atoms with E-state index in [2.05, 4.69) is 5.32 Å². The van der Waals surface area contributed by atoms with Crippen LogP contribution in [-0.4, -0.2) is 30.1 Å². The van der Waals surface area contributed by atoms with Gasteiger partial charge in [0.15, 0.2) is 0 Å². The molecule has 0 bridgehead atoms. The molecular formula is C19H23ClN2O3. The minimum absolute atomic E-state index is 0.00548. The first-order chi connectivity index (χ1) is 12.0. The molecule has 134 valence electrons. The van der Waals surface area contributed by atoms with E-state index in [0.717, 1.165) is 22.6 Å². The zero-order valence-corrected chi connectivity index (χ0v) is 15.5. The van der Waals surface area contributed by atoms with Crippen LogP contribution in [0.15, 0.2) is 34.7 Å². The van der Waals surface area contributed by atoms with Gasteiger partial charge in [-0.25, -0.2) is 4.79 Å². The van der Waals surface area contributed by atoms with Crippen LogP contribution >= 0.6 is 11.6 Å². The summed E-state index contributed by atoms with van der Waals surface area (Å²) in [6, 6.07) is 9.44. The molecule has 1 aliphatic heterocycles. The number of amides is 2. The van der Waals surface area contributed by atoms with Gasteiger partial charge in [-0.15, -0.1) is 0 Å². The smallest absolute Gasteiger partial charge is 0.318 e. The number of benzene rings is 1. The van der Waals surface area contributed by atoms with E-state index in [1.165, 1.54) is 0 Å². The Hall–Kier alpha value is -1.98. The maximum atomic E-state index is 12.7. The number of aryl methyl sites for hydroxylation is 2. The molecule has 0 aliphatic carbocycles. The highest BCUT2D eigenvalue weighted by molar-refractivity contribution is 6.31. The predicted molar refractivity (Wildman–Crippen MR) is 96.7 cm³/mol. The Labute approximate surface area is 152 Å². The molecule has 25 heavy (non-hydrogen) atoms. The normalized spacial score (nSPS) is 20.6. The second kappa shape index (κ2) is 7.50. The average molecular weight is 363 g/mol. The van der Waals surface area contributed by atoms with Crippen LogP contribution < -0.4 is 5.32 Å². The Morgan fingerprint density at radius 2 is 2.12 bits per heavy atom. The molecule has 1 saturated heterocycles. The fourth-order valence-corrected chi connectivity index (χ4v) is 3.35. The van der Waals surface area contributed by atoms with E-state index in [-0.39, 0.29) is 18.2 Å². The molecule has 1 fully saturated rings. The van der Waals surface area contributed by atoms with Gasteiger partial charge in [-0.2, -0.15) is 0 Å². The molecule has 2 aromatic rings. The lowest BCUT2D eigenvalue weighted by Crippen LogP contribution is -2.51. The third-order valence-electron chi connectivity index (χ3n) is 4.52. The van der Waals surface area contributed by atoms with Crippen molar-refractivity contribution in [2.24, 2.45) is 0 Å². The van der Waals surface area contributed by atoms with E-state index < -0.39 is 0 Å². The maximum absolute atomic E-state index is 12.7. The lowest BCUT2D eigenvalue weighted by atomic mass is 10.1. The van der Waals surface area contributed by atoms with Gasteiger partial charge in [-0.05, 0) is 32.9 Å². The number of hydrogen-bond acceptors (Lipinski definition) is 3. The Morgan fingerprint density at radius 1 is 1.36 bits per heavy atom. The van der Waals surface area contributed by atoms with Crippen molar-refractivity contribution in [2.45, 2.75) is 39.5 Å². The van der Waals surface area contributed by atoms with E-state index in [1.807, 2.05) is 51.1 Å². The van der Waals surface area contributed by atoms with E-state index in [1.54, 1.807) is 4.90 Å². The van der Waals surface area contributed by atoms with E-state index in [0.29, 0.717) is 24.7 Å². The Kier molecular flexibility index (Phi) is 5.35. The first kappa shape index (κ1) is 17.8. The Morgan fingerprint density at radius 3 is 2.80 bits per heavy atom. The van der Waals surface area contributed by atoms with Gasteiger partial charge in [-0.3, -0.25) is 0 Å². The van der Waals surface area contributed by atoms with Crippen LogP contribution in [0.5, 0.6) is 0 Å². The monoisotopic (exact) mass is 362 g/mol. The van der Waals surface area contributed by atoms with Crippen molar-refractivity contribution in [1.29, 1.82) is 0 Å². The summed E-state index contributed by atoms with van der Waals surface area (Å²) >= 11 is 6.27. The van der Waals surface area contributed by atoms with Crippen molar-refractivity contribution in [3.05, 3.63) is 58.0 Å². The molecule has 5 nitrogen and oxygen atoms in total. The number of hydrogen-bond donors (Lipinski definition) is 1. The molecule has 1 aromatic heterocycles. The summed E-state index contributed by atoms with van der Waals surface area (Å²) in [6.45, 7) is 7.18. The van der Waals surface area contributed by atoms with Crippen molar-refractivity contribution >= 4 is 17.6 Å². The number of rotatable bonds is 3. The summed E-state index contributed by atoms with van der Waals surface area (Å²) in [6.07, 6.45) is -0.214. The molecule has 2 amide bonds.